The van der Waals surface area contributed by atoms with Gasteiger partial charge in [0, 0.05) is 19.5 Å². The van der Waals surface area contributed by atoms with Gasteiger partial charge in [0.2, 0.25) is 0 Å². The largest absolute Gasteiger partial charge is 0.448 e. The summed E-state index contributed by atoms with van der Waals surface area (Å²) in [6.45, 7) is 4.27. The molecular formula is C21H21N3O4S. The Kier molecular flexibility index (Phi) is 5.19. The van der Waals surface area contributed by atoms with Crippen molar-refractivity contribution in [1.29, 1.82) is 0 Å². The SMILES string of the molecule is Cc1c(C(=O)O[C@@H](C)C(=O)NCc2ccccc2)sc2nc3n(c(=O)c12)CCC3. The summed E-state index contributed by atoms with van der Waals surface area (Å²) in [5, 5.41) is 3.22. The van der Waals surface area contributed by atoms with E-state index in [1.165, 1.54) is 6.92 Å². The number of fused-ring (bicyclic) bond motifs is 2. The highest BCUT2D eigenvalue weighted by Gasteiger charge is 2.26. The van der Waals surface area contributed by atoms with Gasteiger partial charge in [-0.3, -0.25) is 14.2 Å². The third-order valence-corrected chi connectivity index (χ3v) is 6.23. The predicted octanol–water partition coefficient (Wildman–Crippen LogP) is 2.57. The molecule has 8 heteroatoms. The van der Waals surface area contributed by atoms with E-state index in [0.29, 0.717) is 33.7 Å². The second-order valence-corrected chi connectivity index (χ2v) is 8.07. The van der Waals surface area contributed by atoms with E-state index in [2.05, 4.69) is 10.3 Å². The number of nitrogens with one attached hydrogen (secondary N) is 1. The van der Waals surface area contributed by atoms with Crippen LogP contribution >= 0.6 is 11.3 Å². The zero-order chi connectivity index (χ0) is 20.5. The number of aromatic nitrogens is 2. The highest BCUT2D eigenvalue weighted by Crippen LogP contribution is 2.29. The third kappa shape index (κ3) is 3.67. The van der Waals surface area contributed by atoms with Gasteiger partial charge in [0.15, 0.2) is 6.10 Å². The number of amides is 1. The van der Waals surface area contributed by atoms with Gasteiger partial charge in [-0.15, -0.1) is 11.3 Å². The molecule has 0 unspecified atom stereocenters. The number of hydrogen-bond acceptors (Lipinski definition) is 6. The molecule has 1 atom stereocenters. The molecule has 3 heterocycles. The first kappa shape index (κ1) is 19.3. The summed E-state index contributed by atoms with van der Waals surface area (Å²) in [7, 11) is 0. The third-order valence-electron chi connectivity index (χ3n) is 5.06. The van der Waals surface area contributed by atoms with Crippen LogP contribution in [0.25, 0.3) is 10.2 Å². The van der Waals surface area contributed by atoms with Crippen LogP contribution in [0.3, 0.4) is 0 Å². The summed E-state index contributed by atoms with van der Waals surface area (Å²) < 4.78 is 7.04. The van der Waals surface area contributed by atoms with Crippen LogP contribution in [-0.2, 0) is 29.0 Å². The number of thiophene rings is 1. The maximum atomic E-state index is 12.7. The second-order valence-electron chi connectivity index (χ2n) is 7.08. The number of rotatable bonds is 5. The zero-order valence-electron chi connectivity index (χ0n) is 16.2. The molecule has 1 amide bonds. The monoisotopic (exact) mass is 411 g/mol. The molecule has 7 nitrogen and oxygen atoms in total. The quantitative estimate of drug-likeness (QED) is 0.652. The summed E-state index contributed by atoms with van der Waals surface area (Å²) in [5.74, 6) is -0.229. The first-order chi connectivity index (χ1) is 14.0. The van der Waals surface area contributed by atoms with E-state index in [4.69, 9.17) is 4.74 Å². The molecule has 1 N–H and O–H groups in total. The van der Waals surface area contributed by atoms with Crippen molar-refractivity contribution in [2.24, 2.45) is 0 Å². The van der Waals surface area contributed by atoms with E-state index in [9.17, 15) is 14.4 Å². The van der Waals surface area contributed by atoms with E-state index < -0.39 is 12.1 Å². The highest BCUT2D eigenvalue weighted by molar-refractivity contribution is 7.20. The van der Waals surface area contributed by atoms with Crippen LogP contribution in [0.2, 0.25) is 0 Å². The van der Waals surface area contributed by atoms with Gasteiger partial charge >= 0.3 is 5.97 Å². The van der Waals surface area contributed by atoms with Crippen molar-refractivity contribution < 1.29 is 14.3 Å². The van der Waals surface area contributed by atoms with Gasteiger partial charge in [-0.2, -0.15) is 0 Å². The number of hydrogen-bond donors (Lipinski definition) is 1. The molecule has 4 rings (SSSR count). The van der Waals surface area contributed by atoms with E-state index in [0.717, 1.165) is 35.6 Å². The van der Waals surface area contributed by atoms with Gasteiger partial charge in [0.25, 0.3) is 11.5 Å². The van der Waals surface area contributed by atoms with Crippen molar-refractivity contribution >= 4 is 33.4 Å². The topological polar surface area (TPSA) is 90.3 Å². The first-order valence-electron chi connectivity index (χ1n) is 9.51. The molecule has 0 saturated carbocycles. The molecule has 2 aromatic heterocycles. The molecule has 0 aliphatic carbocycles. The molecule has 150 valence electrons. The average molecular weight is 411 g/mol. The van der Waals surface area contributed by atoms with Crippen LogP contribution in [-0.4, -0.2) is 27.5 Å². The Labute approximate surface area is 171 Å². The van der Waals surface area contributed by atoms with E-state index in [1.54, 1.807) is 11.5 Å². The predicted molar refractivity (Wildman–Crippen MR) is 110 cm³/mol. The lowest BCUT2D eigenvalue weighted by atomic mass is 10.2. The fourth-order valence-corrected chi connectivity index (χ4v) is 4.54. The Balaban J connectivity index is 1.49. The number of ether oxygens (including phenoxy) is 1. The van der Waals surface area contributed by atoms with Crippen LogP contribution in [0.15, 0.2) is 35.1 Å². The van der Waals surface area contributed by atoms with Gasteiger partial charge in [-0.1, -0.05) is 30.3 Å². The minimum atomic E-state index is -0.949. The van der Waals surface area contributed by atoms with Gasteiger partial charge in [0.1, 0.15) is 15.5 Å². The lowest BCUT2D eigenvalue weighted by Crippen LogP contribution is -2.35. The average Bonchev–Trinajstić information content (AvgIpc) is 3.32. The standard InChI is InChI=1S/C21H21N3O4S/c1-12-16-19(23-15-9-6-10-24(15)20(16)26)29-17(12)21(27)28-13(2)18(25)22-11-14-7-4-3-5-8-14/h3-5,7-8,13H,6,9-11H2,1-2H3,(H,22,25)/t13-/m0/s1. The summed E-state index contributed by atoms with van der Waals surface area (Å²) >= 11 is 1.15. The minimum absolute atomic E-state index is 0.107. The molecule has 3 aromatic rings. The number of nitrogens with zero attached hydrogens (tertiary/aromatic N) is 2. The minimum Gasteiger partial charge on any atom is -0.448 e. The summed E-state index contributed by atoms with van der Waals surface area (Å²) in [4.78, 5) is 43.1. The van der Waals surface area contributed by atoms with Gasteiger partial charge in [-0.05, 0) is 31.4 Å². The number of carbonyl (C=O) groups is 2. The molecule has 0 bridgehead atoms. The van der Waals surface area contributed by atoms with Crippen LogP contribution in [0.4, 0.5) is 0 Å². The normalized spacial score (nSPS) is 13.9. The summed E-state index contributed by atoms with van der Waals surface area (Å²) in [5.41, 5.74) is 1.41. The lowest BCUT2D eigenvalue weighted by Gasteiger charge is -2.13. The smallest absolute Gasteiger partial charge is 0.349 e. The molecule has 0 saturated heterocycles. The molecule has 0 radical (unpaired) electrons. The fraction of sp³-hybridized carbons (Fsp3) is 0.333. The van der Waals surface area contributed by atoms with Gasteiger partial charge in [-0.25, -0.2) is 9.78 Å². The Hall–Kier alpha value is -3.00. The fourth-order valence-electron chi connectivity index (χ4n) is 3.47. The van der Waals surface area contributed by atoms with Crippen molar-refractivity contribution in [3.8, 4) is 0 Å². The summed E-state index contributed by atoms with van der Waals surface area (Å²) in [6.07, 6.45) is 0.721. The highest BCUT2D eigenvalue weighted by atomic mass is 32.1. The molecular weight excluding hydrogens is 390 g/mol. The first-order valence-corrected chi connectivity index (χ1v) is 10.3. The maximum absolute atomic E-state index is 12.7. The Morgan fingerprint density at radius 3 is 2.83 bits per heavy atom. The second kappa shape index (κ2) is 7.79. The molecule has 1 aromatic carbocycles. The number of benzene rings is 1. The van der Waals surface area contributed by atoms with Crippen LogP contribution in [0.1, 0.15) is 40.0 Å². The lowest BCUT2D eigenvalue weighted by molar-refractivity contribution is -0.129. The van der Waals surface area contributed by atoms with Crippen molar-refractivity contribution in [2.45, 2.75) is 45.9 Å². The molecule has 1 aliphatic rings. The Morgan fingerprint density at radius 2 is 2.07 bits per heavy atom. The Morgan fingerprint density at radius 1 is 1.31 bits per heavy atom. The molecule has 29 heavy (non-hydrogen) atoms. The number of carbonyl (C=O) groups excluding carboxylic acids is 2. The van der Waals surface area contributed by atoms with Crippen molar-refractivity contribution in [3.63, 3.8) is 0 Å². The van der Waals surface area contributed by atoms with Gasteiger partial charge < -0.3 is 10.1 Å². The molecule has 1 aliphatic heterocycles. The van der Waals surface area contributed by atoms with Crippen molar-refractivity contribution in [1.82, 2.24) is 14.9 Å². The van der Waals surface area contributed by atoms with Crippen LogP contribution in [0.5, 0.6) is 0 Å². The number of aryl methyl sites for hydroxylation is 2. The number of esters is 1. The van der Waals surface area contributed by atoms with Crippen LogP contribution in [0, 0.1) is 6.92 Å². The summed E-state index contributed by atoms with van der Waals surface area (Å²) in [6, 6.07) is 9.49. The maximum Gasteiger partial charge on any atom is 0.349 e. The van der Waals surface area contributed by atoms with E-state index in [1.807, 2.05) is 30.3 Å². The molecule has 0 spiro atoms. The Bertz CT molecular complexity index is 1150. The van der Waals surface area contributed by atoms with E-state index in [-0.39, 0.29) is 11.5 Å². The zero-order valence-corrected chi connectivity index (χ0v) is 17.0. The van der Waals surface area contributed by atoms with Crippen molar-refractivity contribution in [2.75, 3.05) is 0 Å². The van der Waals surface area contributed by atoms with Crippen molar-refractivity contribution in [3.05, 3.63) is 62.5 Å². The van der Waals surface area contributed by atoms with Crippen LogP contribution < -0.4 is 10.9 Å². The molecule has 0 fully saturated rings. The van der Waals surface area contributed by atoms with E-state index >= 15 is 0 Å². The van der Waals surface area contributed by atoms with Gasteiger partial charge in [0.05, 0.1) is 5.39 Å².